The second-order valence-electron chi connectivity index (χ2n) is 10.5. The third-order valence-electron chi connectivity index (χ3n) is 7.51. The zero-order chi connectivity index (χ0) is 31.2. The van der Waals surface area contributed by atoms with Crippen molar-refractivity contribution in [2.75, 3.05) is 36.0 Å². The van der Waals surface area contributed by atoms with Gasteiger partial charge < -0.3 is 14.9 Å². The van der Waals surface area contributed by atoms with Gasteiger partial charge in [0.1, 0.15) is 5.60 Å². The number of nitrogens with zero attached hydrogens (tertiary/aromatic N) is 2. The summed E-state index contributed by atoms with van der Waals surface area (Å²) in [6.45, 7) is 18.5. The molecule has 3 nitrogen and oxygen atoms in total. The third kappa shape index (κ3) is 7.83. The van der Waals surface area contributed by atoms with Crippen molar-refractivity contribution in [1.82, 2.24) is 0 Å². The smallest absolute Gasteiger partial charge is 0.133 e. The number of rotatable bonds is 16. The van der Waals surface area contributed by atoms with Gasteiger partial charge in [0.05, 0.1) is 0 Å². The van der Waals surface area contributed by atoms with Crippen molar-refractivity contribution in [1.29, 1.82) is 0 Å². The van der Waals surface area contributed by atoms with E-state index in [9.17, 15) is 5.11 Å². The fourth-order valence-electron chi connectivity index (χ4n) is 5.28. The predicted molar refractivity (Wildman–Crippen MR) is 190 cm³/mol. The number of benzene rings is 4. The molecule has 0 saturated carbocycles. The molecule has 4 rings (SSSR count). The van der Waals surface area contributed by atoms with E-state index in [1.807, 2.05) is 109 Å². The Morgan fingerprint density at radius 2 is 0.955 bits per heavy atom. The lowest BCUT2D eigenvalue weighted by Crippen LogP contribution is -2.26. The highest BCUT2D eigenvalue weighted by Crippen LogP contribution is 2.33. The topological polar surface area (TPSA) is 26.7 Å². The molecule has 4 aromatic rings. The first-order valence-corrected chi connectivity index (χ1v) is 14.9. The molecule has 1 unspecified atom stereocenters. The average molecular weight is 579 g/mol. The molecule has 0 saturated heterocycles. The molecule has 0 radical (unpaired) electrons. The van der Waals surface area contributed by atoms with Crippen LogP contribution in [-0.2, 0) is 5.60 Å². The van der Waals surface area contributed by atoms with Crippen LogP contribution in [0.3, 0.4) is 0 Å². The van der Waals surface area contributed by atoms with E-state index in [4.69, 9.17) is 0 Å². The lowest BCUT2D eigenvalue weighted by molar-refractivity contribution is 0.134. The Morgan fingerprint density at radius 1 is 0.545 bits per heavy atom. The van der Waals surface area contributed by atoms with Gasteiger partial charge in [-0.3, -0.25) is 0 Å². The molecule has 1 atom stereocenters. The fraction of sp³-hybridized carbons (Fsp3) is 0.122. The molecule has 0 aliphatic heterocycles. The molecule has 44 heavy (non-hydrogen) atoms. The summed E-state index contributed by atoms with van der Waals surface area (Å²) in [5.41, 5.74) is 5.63. The summed E-state index contributed by atoms with van der Waals surface area (Å²) < 4.78 is 0. The second kappa shape index (κ2) is 15.9. The Labute approximate surface area is 263 Å². The molecule has 4 aromatic carbocycles. The van der Waals surface area contributed by atoms with Crippen molar-refractivity contribution in [3.8, 4) is 0 Å². The highest BCUT2D eigenvalue weighted by atomic mass is 16.3. The minimum absolute atomic E-state index is 0.711. The molecule has 1 N–H and O–H groups in total. The van der Waals surface area contributed by atoms with E-state index < -0.39 is 5.60 Å². The summed E-state index contributed by atoms with van der Waals surface area (Å²) in [5.74, 6) is 0. The van der Waals surface area contributed by atoms with E-state index >= 15 is 0 Å². The highest BCUT2D eigenvalue weighted by Gasteiger charge is 2.28. The van der Waals surface area contributed by atoms with Crippen molar-refractivity contribution < 1.29 is 5.11 Å². The first-order valence-electron chi connectivity index (χ1n) is 14.9. The molecule has 0 aliphatic carbocycles. The van der Waals surface area contributed by atoms with Crippen LogP contribution < -0.4 is 9.80 Å². The monoisotopic (exact) mass is 578 g/mol. The van der Waals surface area contributed by atoms with Crippen LogP contribution in [0.25, 0.3) is 5.57 Å². The summed E-state index contributed by atoms with van der Waals surface area (Å²) in [4.78, 5) is 4.39. The number of hydrogen-bond donors (Lipinski definition) is 1. The SMILES string of the molecule is C=CCN(CC=C)c1ccc(C(=CC=CC(O)(c2ccccc2)c2ccc(N(CC=C)CC=C)cc2)c2ccccc2)cc1. The van der Waals surface area contributed by atoms with Crippen LogP contribution in [-0.4, -0.2) is 31.3 Å². The van der Waals surface area contributed by atoms with Crippen molar-refractivity contribution in [2.24, 2.45) is 0 Å². The van der Waals surface area contributed by atoms with Crippen LogP contribution in [0.4, 0.5) is 11.4 Å². The maximum Gasteiger partial charge on any atom is 0.133 e. The van der Waals surface area contributed by atoms with Gasteiger partial charge in [0.15, 0.2) is 0 Å². The standard InChI is InChI=1S/C41H42N2O/c1-5-30-42(31-6-2)38-25-21-35(22-26-38)40(34-16-11-9-12-17-34)20-15-29-41(44,36-18-13-10-14-19-36)37-23-27-39(28-24-37)43(32-7-3)33-8-4/h5-29,44H,1-4,30-33H2. The molecule has 0 bridgehead atoms. The molecule has 0 heterocycles. The van der Waals surface area contributed by atoms with E-state index in [-0.39, 0.29) is 0 Å². The fourth-order valence-corrected chi connectivity index (χ4v) is 5.28. The van der Waals surface area contributed by atoms with Gasteiger partial charge in [0.25, 0.3) is 0 Å². The van der Waals surface area contributed by atoms with Gasteiger partial charge in [-0.2, -0.15) is 0 Å². The zero-order valence-electron chi connectivity index (χ0n) is 25.4. The van der Waals surface area contributed by atoms with Crippen LogP contribution in [0.1, 0.15) is 22.3 Å². The Kier molecular flexibility index (Phi) is 11.5. The van der Waals surface area contributed by atoms with Crippen molar-refractivity contribution >= 4 is 16.9 Å². The summed E-state index contributed by atoms with van der Waals surface area (Å²) >= 11 is 0. The lowest BCUT2D eigenvalue weighted by Gasteiger charge is -2.27. The van der Waals surface area contributed by atoms with Crippen molar-refractivity contribution in [3.63, 3.8) is 0 Å². The largest absolute Gasteiger partial charge is 0.377 e. The first-order chi connectivity index (χ1) is 21.5. The van der Waals surface area contributed by atoms with Crippen LogP contribution >= 0.6 is 0 Å². The number of aliphatic hydroxyl groups is 1. The van der Waals surface area contributed by atoms with Crippen LogP contribution in [0.5, 0.6) is 0 Å². The summed E-state index contributed by atoms with van der Waals surface area (Å²) in [7, 11) is 0. The van der Waals surface area contributed by atoms with Gasteiger partial charge in [0, 0.05) is 37.6 Å². The Hall–Kier alpha value is -5.12. The quantitative estimate of drug-likeness (QED) is 0.106. The second-order valence-corrected chi connectivity index (χ2v) is 10.5. The number of anilines is 2. The summed E-state index contributed by atoms with van der Waals surface area (Å²) in [5, 5.41) is 12.3. The minimum Gasteiger partial charge on any atom is -0.377 e. The van der Waals surface area contributed by atoms with E-state index in [2.05, 4.69) is 78.6 Å². The lowest BCUT2D eigenvalue weighted by atomic mass is 9.85. The van der Waals surface area contributed by atoms with Gasteiger partial charge >= 0.3 is 0 Å². The molecular weight excluding hydrogens is 536 g/mol. The van der Waals surface area contributed by atoms with E-state index in [0.717, 1.165) is 52.3 Å². The number of hydrogen-bond acceptors (Lipinski definition) is 3. The van der Waals surface area contributed by atoms with Crippen LogP contribution in [0.2, 0.25) is 0 Å². The Balaban J connectivity index is 1.74. The Bertz CT molecular complexity index is 1550. The molecule has 0 aromatic heterocycles. The molecule has 3 heteroatoms. The van der Waals surface area contributed by atoms with Gasteiger partial charge in [-0.05, 0) is 58.2 Å². The molecule has 0 amide bonds. The maximum atomic E-state index is 12.3. The summed E-state index contributed by atoms with van der Waals surface area (Å²) in [6, 6.07) is 36.7. The molecule has 222 valence electrons. The summed E-state index contributed by atoms with van der Waals surface area (Å²) in [6.07, 6.45) is 13.5. The maximum absolute atomic E-state index is 12.3. The predicted octanol–water partition coefficient (Wildman–Crippen LogP) is 8.97. The third-order valence-corrected chi connectivity index (χ3v) is 7.51. The zero-order valence-corrected chi connectivity index (χ0v) is 25.4. The number of allylic oxidation sites excluding steroid dienone is 2. The van der Waals surface area contributed by atoms with Gasteiger partial charge in [-0.1, -0.05) is 121 Å². The Morgan fingerprint density at radius 3 is 1.43 bits per heavy atom. The van der Waals surface area contributed by atoms with Crippen molar-refractivity contribution in [2.45, 2.75) is 5.60 Å². The van der Waals surface area contributed by atoms with Crippen molar-refractivity contribution in [3.05, 3.63) is 200 Å². The molecule has 0 spiro atoms. The molecule has 0 fully saturated rings. The molecular formula is C41H42N2O. The average Bonchev–Trinajstić information content (AvgIpc) is 3.07. The minimum atomic E-state index is -1.33. The van der Waals surface area contributed by atoms with E-state index in [1.54, 1.807) is 0 Å². The van der Waals surface area contributed by atoms with Gasteiger partial charge in [-0.25, -0.2) is 0 Å². The van der Waals surface area contributed by atoms with E-state index in [0.29, 0.717) is 13.1 Å². The van der Waals surface area contributed by atoms with E-state index in [1.165, 1.54) is 0 Å². The van der Waals surface area contributed by atoms with Gasteiger partial charge in [-0.15, -0.1) is 26.3 Å². The normalized spacial score (nSPS) is 12.7. The first kappa shape index (κ1) is 31.8. The highest BCUT2D eigenvalue weighted by molar-refractivity contribution is 5.81. The van der Waals surface area contributed by atoms with Crippen LogP contribution in [0, 0.1) is 0 Å². The van der Waals surface area contributed by atoms with Gasteiger partial charge in [0.2, 0.25) is 0 Å². The van der Waals surface area contributed by atoms with Crippen LogP contribution in [0.15, 0.2) is 178 Å². The molecule has 0 aliphatic rings.